The summed E-state index contributed by atoms with van der Waals surface area (Å²) in [5.41, 5.74) is -0.886. The molecule has 1 N–H and O–H groups in total. The first-order valence-electron chi connectivity index (χ1n) is 8.49. The number of hydrogen-bond acceptors (Lipinski definition) is 6. The molecule has 146 valence electrons. The molecule has 26 heavy (non-hydrogen) atoms. The van der Waals surface area contributed by atoms with Crippen molar-refractivity contribution in [3.63, 3.8) is 0 Å². The van der Waals surface area contributed by atoms with E-state index in [0.717, 1.165) is 12.4 Å². The fraction of sp³-hybridized carbons (Fsp3) is 0.688. The third-order valence-electron chi connectivity index (χ3n) is 4.12. The number of halogens is 3. The first-order chi connectivity index (χ1) is 12.3. The molecule has 1 aromatic heterocycles. The quantitative estimate of drug-likeness (QED) is 0.724. The Hall–Kier alpha value is -1.94. The second kappa shape index (κ2) is 9.13. The summed E-state index contributed by atoms with van der Waals surface area (Å²) in [5, 5.41) is 9.37. The molecule has 0 saturated carbocycles. The Morgan fingerprint density at radius 1 is 1.27 bits per heavy atom. The average Bonchev–Trinajstić information content (AvgIpc) is 2.64. The van der Waals surface area contributed by atoms with Crippen molar-refractivity contribution in [3.05, 3.63) is 18.0 Å². The predicted octanol–water partition coefficient (Wildman–Crippen LogP) is 1.32. The van der Waals surface area contributed by atoms with Crippen LogP contribution in [-0.2, 0) is 15.7 Å². The van der Waals surface area contributed by atoms with Crippen LogP contribution in [0.15, 0.2) is 12.4 Å². The minimum Gasteiger partial charge on any atom is -0.391 e. The van der Waals surface area contributed by atoms with Gasteiger partial charge >= 0.3 is 6.18 Å². The first-order valence-corrected chi connectivity index (χ1v) is 8.49. The molecule has 0 bridgehead atoms. The van der Waals surface area contributed by atoms with Crippen LogP contribution in [0.1, 0.15) is 25.3 Å². The number of carbonyl (C=O) groups is 1. The fourth-order valence-electron chi connectivity index (χ4n) is 2.44. The van der Waals surface area contributed by atoms with Gasteiger partial charge in [0.05, 0.1) is 31.3 Å². The van der Waals surface area contributed by atoms with E-state index in [2.05, 4.69) is 9.97 Å². The van der Waals surface area contributed by atoms with Crippen molar-refractivity contribution in [2.45, 2.75) is 32.0 Å². The maximum atomic E-state index is 12.5. The van der Waals surface area contributed by atoms with Crippen LogP contribution in [0.2, 0.25) is 0 Å². The van der Waals surface area contributed by atoms with Crippen molar-refractivity contribution >= 4 is 11.9 Å². The van der Waals surface area contributed by atoms with E-state index in [1.165, 1.54) is 0 Å². The Balaban J connectivity index is 1.75. The summed E-state index contributed by atoms with van der Waals surface area (Å²) in [7, 11) is 0. The van der Waals surface area contributed by atoms with E-state index < -0.39 is 17.8 Å². The van der Waals surface area contributed by atoms with E-state index in [1.54, 1.807) is 9.80 Å². The molecule has 0 spiro atoms. The van der Waals surface area contributed by atoms with E-state index in [9.17, 15) is 23.1 Å². The molecule has 1 aliphatic rings. The Bertz CT molecular complexity index is 575. The third-order valence-corrected chi connectivity index (χ3v) is 4.12. The molecule has 0 unspecified atom stereocenters. The summed E-state index contributed by atoms with van der Waals surface area (Å²) in [6.07, 6.45) is -2.62. The third kappa shape index (κ3) is 5.80. The SMILES string of the molecule is CC[C@H](O)COCCC(=O)N1CCN(c2ncc(C(F)(F)F)cn2)CC1. The number of alkyl halides is 3. The van der Waals surface area contributed by atoms with Crippen LogP contribution >= 0.6 is 0 Å². The largest absolute Gasteiger partial charge is 0.419 e. The zero-order chi connectivity index (χ0) is 19.2. The summed E-state index contributed by atoms with van der Waals surface area (Å²) in [6, 6.07) is 0. The Kier molecular flexibility index (Phi) is 7.15. The van der Waals surface area contributed by atoms with Gasteiger partial charge in [0.1, 0.15) is 0 Å². The Labute approximate surface area is 149 Å². The van der Waals surface area contributed by atoms with Gasteiger partial charge in [-0.2, -0.15) is 13.2 Å². The zero-order valence-corrected chi connectivity index (χ0v) is 14.6. The number of nitrogens with zero attached hydrogens (tertiary/aromatic N) is 4. The number of rotatable bonds is 7. The standard InChI is InChI=1S/C16H23F3N4O3/c1-2-13(24)11-26-8-3-14(25)22-4-6-23(7-5-22)15-20-9-12(10-21-15)16(17,18)19/h9-10,13,24H,2-8,11H2,1H3/t13-/m0/s1. The molecule has 1 atom stereocenters. The average molecular weight is 376 g/mol. The number of hydrogen-bond donors (Lipinski definition) is 1. The number of ether oxygens (including phenoxy) is 1. The van der Waals surface area contributed by atoms with Gasteiger partial charge in [-0.3, -0.25) is 4.79 Å². The first kappa shape index (κ1) is 20.4. The van der Waals surface area contributed by atoms with Gasteiger partial charge in [-0.1, -0.05) is 6.92 Å². The lowest BCUT2D eigenvalue weighted by Gasteiger charge is -2.34. The number of carbonyl (C=O) groups excluding carboxylic acids is 1. The van der Waals surface area contributed by atoms with Crippen molar-refractivity contribution in [2.75, 3.05) is 44.3 Å². The van der Waals surface area contributed by atoms with Crippen molar-refractivity contribution in [2.24, 2.45) is 0 Å². The number of amides is 1. The topological polar surface area (TPSA) is 78.8 Å². The van der Waals surface area contributed by atoms with Crippen molar-refractivity contribution in [3.8, 4) is 0 Å². The summed E-state index contributed by atoms with van der Waals surface area (Å²) in [5.74, 6) is 0.172. The summed E-state index contributed by atoms with van der Waals surface area (Å²) < 4.78 is 42.9. The van der Waals surface area contributed by atoms with Crippen molar-refractivity contribution < 1.29 is 27.8 Å². The molecule has 1 saturated heterocycles. The normalized spacial score (nSPS) is 16.7. The van der Waals surface area contributed by atoms with Gasteiger partial charge in [0.25, 0.3) is 0 Å². The fourth-order valence-corrected chi connectivity index (χ4v) is 2.44. The van der Waals surface area contributed by atoms with Gasteiger partial charge in [0.2, 0.25) is 11.9 Å². The van der Waals surface area contributed by atoms with Crippen LogP contribution in [0.3, 0.4) is 0 Å². The van der Waals surface area contributed by atoms with Gasteiger partial charge in [-0.05, 0) is 6.42 Å². The highest BCUT2D eigenvalue weighted by molar-refractivity contribution is 5.76. The molecular formula is C16H23F3N4O3. The molecule has 1 amide bonds. The summed E-state index contributed by atoms with van der Waals surface area (Å²) in [4.78, 5) is 23.1. The maximum absolute atomic E-state index is 12.5. The number of anilines is 1. The monoisotopic (exact) mass is 376 g/mol. The second-order valence-corrected chi connectivity index (χ2v) is 6.02. The highest BCUT2D eigenvalue weighted by Gasteiger charge is 2.32. The maximum Gasteiger partial charge on any atom is 0.419 e. The summed E-state index contributed by atoms with van der Waals surface area (Å²) in [6.45, 7) is 4.10. The van der Waals surface area contributed by atoms with E-state index in [-0.39, 0.29) is 31.5 Å². The van der Waals surface area contributed by atoms with Crippen molar-refractivity contribution in [1.82, 2.24) is 14.9 Å². The number of aliphatic hydroxyl groups is 1. The lowest BCUT2D eigenvalue weighted by Crippen LogP contribution is -2.49. The van der Waals surface area contributed by atoms with Gasteiger partial charge in [0.15, 0.2) is 0 Å². The van der Waals surface area contributed by atoms with Crippen molar-refractivity contribution in [1.29, 1.82) is 0 Å². The van der Waals surface area contributed by atoms with Crippen LogP contribution in [0.4, 0.5) is 19.1 Å². The van der Waals surface area contributed by atoms with Crippen LogP contribution < -0.4 is 4.90 Å². The molecule has 0 aromatic carbocycles. The van der Waals surface area contributed by atoms with Crippen LogP contribution in [0.5, 0.6) is 0 Å². The van der Waals surface area contributed by atoms with Crippen LogP contribution in [-0.4, -0.2) is 71.4 Å². The van der Waals surface area contributed by atoms with Crippen LogP contribution in [0, 0.1) is 0 Å². The number of aliphatic hydroxyl groups excluding tert-OH is 1. The van der Waals surface area contributed by atoms with E-state index >= 15 is 0 Å². The van der Waals surface area contributed by atoms with Crippen LogP contribution in [0.25, 0.3) is 0 Å². The molecule has 1 aromatic rings. The van der Waals surface area contributed by atoms with Gasteiger partial charge in [-0.15, -0.1) is 0 Å². The Morgan fingerprint density at radius 3 is 2.42 bits per heavy atom. The lowest BCUT2D eigenvalue weighted by molar-refractivity contribution is -0.138. The molecule has 7 nitrogen and oxygen atoms in total. The van der Waals surface area contributed by atoms with E-state index in [1.807, 2.05) is 6.92 Å². The smallest absolute Gasteiger partial charge is 0.391 e. The van der Waals surface area contributed by atoms with E-state index in [4.69, 9.17) is 4.74 Å². The minimum atomic E-state index is -4.46. The molecule has 1 fully saturated rings. The molecule has 10 heteroatoms. The molecular weight excluding hydrogens is 353 g/mol. The zero-order valence-electron chi connectivity index (χ0n) is 14.6. The highest BCUT2D eigenvalue weighted by Crippen LogP contribution is 2.28. The molecule has 2 rings (SSSR count). The number of aromatic nitrogens is 2. The minimum absolute atomic E-state index is 0.0519. The lowest BCUT2D eigenvalue weighted by atomic mass is 10.3. The second-order valence-electron chi connectivity index (χ2n) is 6.02. The predicted molar refractivity (Wildman–Crippen MR) is 87.6 cm³/mol. The van der Waals surface area contributed by atoms with E-state index in [0.29, 0.717) is 32.6 Å². The summed E-state index contributed by atoms with van der Waals surface area (Å²) >= 11 is 0. The molecule has 0 aliphatic carbocycles. The Morgan fingerprint density at radius 2 is 1.88 bits per heavy atom. The van der Waals surface area contributed by atoms with Gasteiger partial charge in [-0.25, -0.2) is 9.97 Å². The molecule has 1 aliphatic heterocycles. The van der Waals surface area contributed by atoms with Gasteiger partial charge in [0, 0.05) is 38.6 Å². The molecule has 2 heterocycles. The van der Waals surface area contributed by atoms with Gasteiger partial charge < -0.3 is 19.6 Å². The highest BCUT2D eigenvalue weighted by atomic mass is 19.4. The molecule has 0 radical (unpaired) electrons. The number of piperazine rings is 1.